The Morgan fingerprint density at radius 3 is 2.64 bits per heavy atom. The van der Waals surface area contributed by atoms with E-state index in [9.17, 15) is 18.0 Å². The largest absolute Gasteiger partial charge is 0.493 e. The number of aromatic nitrogens is 2. The van der Waals surface area contributed by atoms with Crippen molar-refractivity contribution in [3.63, 3.8) is 0 Å². The Hall–Kier alpha value is -3.67. The second kappa shape index (κ2) is 10.5. The molecule has 0 aliphatic heterocycles. The highest BCUT2D eigenvalue weighted by atomic mass is 127. The molecule has 3 aromatic carbocycles. The van der Waals surface area contributed by atoms with Gasteiger partial charge in [0.2, 0.25) is 0 Å². The minimum atomic E-state index is -4.55. The summed E-state index contributed by atoms with van der Waals surface area (Å²) in [6.45, 7) is 3.92. The Morgan fingerprint density at radius 2 is 1.92 bits per heavy atom. The van der Waals surface area contributed by atoms with Gasteiger partial charge in [-0.25, -0.2) is 4.98 Å². The van der Waals surface area contributed by atoms with E-state index in [4.69, 9.17) is 9.47 Å². The van der Waals surface area contributed by atoms with E-state index in [1.165, 1.54) is 25.5 Å². The number of ether oxygens (including phenoxy) is 2. The maximum absolute atomic E-state index is 13.4. The summed E-state index contributed by atoms with van der Waals surface area (Å²) in [7, 11) is 1.50. The molecule has 0 unspecified atom stereocenters. The number of nitrogens with zero attached hydrogens (tertiary/aromatic N) is 3. The molecule has 0 radical (unpaired) electrons. The number of rotatable bonds is 7. The minimum absolute atomic E-state index is 0.0198. The van der Waals surface area contributed by atoms with Crippen molar-refractivity contribution < 1.29 is 22.6 Å². The predicted molar refractivity (Wildman–Crippen MR) is 141 cm³/mol. The van der Waals surface area contributed by atoms with E-state index in [0.717, 1.165) is 20.4 Å². The molecule has 1 aromatic heterocycles. The first kappa shape index (κ1) is 25.4. The Kier molecular flexibility index (Phi) is 7.43. The molecular formula is C26H19F3IN3O3. The second-order valence-corrected chi connectivity index (χ2v) is 8.69. The van der Waals surface area contributed by atoms with Crippen molar-refractivity contribution in [3.8, 4) is 22.9 Å². The first-order valence-corrected chi connectivity index (χ1v) is 11.7. The smallest absolute Gasteiger partial charge is 0.416 e. The molecule has 0 spiro atoms. The highest BCUT2D eigenvalue weighted by Gasteiger charge is 2.31. The molecule has 0 N–H and O–H groups in total. The van der Waals surface area contributed by atoms with Gasteiger partial charge >= 0.3 is 6.18 Å². The molecule has 4 rings (SSSR count). The molecule has 10 heteroatoms. The summed E-state index contributed by atoms with van der Waals surface area (Å²) in [6.07, 6.45) is -1.53. The predicted octanol–water partition coefficient (Wildman–Crippen LogP) is 6.14. The van der Waals surface area contributed by atoms with E-state index in [1.54, 1.807) is 42.5 Å². The number of halogens is 4. The van der Waals surface area contributed by atoms with Crippen molar-refractivity contribution >= 4 is 39.7 Å². The van der Waals surface area contributed by atoms with Crippen LogP contribution in [0.4, 0.5) is 13.2 Å². The molecule has 184 valence electrons. The van der Waals surface area contributed by atoms with Crippen LogP contribution >= 0.6 is 22.6 Å². The number of hydrogen-bond acceptors (Lipinski definition) is 5. The van der Waals surface area contributed by atoms with Crippen molar-refractivity contribution in [3.05, 3.63) is 98.4 Å². The van der Waals surface area contributed by atoms with Crippen molar-refractivity contribution in [1.29, 1.82) is 0 Å². The summed E-state index contributed by atoms with van der Waals surface area (Å²) < 4.78 is 52.9. The van der Waals surface area contributed by atoms with Crippen LogP contribution in [0, 0.1) is 3.57 Å². The summed E-state index contributed by atoms with van der Waals surface area (Å²) in [6, 6.07) is 14.7. The van der Waals surface area contributed by atoms with Gasteiger partial charge in [0.05, 0.1) is 33.4 Å². The zero-order valence-electron chi connectivity index (χ0n) is 18.9. The quantitative estimate of drug-likeness (QED) is 0.144. The zero-order chi connectivity index (χ0) is 25.9. The third-order valence-corrected chi connectivity index (χ3v) is 5.92. The van der Waals surface area contributed by atoms with Gasteiger partial charge < -0.3 is 9.47 Å². The van der Waals surface area contributed by atoms with Crippen molar-refractivity contribution in [2.75, 3.05) is 13.7 Å². The van der Waals surface area contributed by atoms with E-state index < -0.39 is 17.3 Å². The van der Waals surface area contributed by atoms with Crippen LogP contribution in [0.2, 0.25) is 0 Å². The SMILES string of the molecule is C=CCOc1c(I)cc(C=Nn2c(-c3cccc(C(F)(F)F)c3)nc3ccccc3c2=O)cc1OC. The molecule has 4 aromatic rings. The van der Waals surface area contributed by atoms with Crippen LogP contribution in [-0.2, 0) is 6.18 Å². The van der Waals surface area contributed by atoms with Crippen molar-refractivity contribution in [2.45, 2.75) is 6.18 Å². The zero-order valence-corrected chi connectivity index (χ0v) is 21.1. The van der Waals surface area contributed by atoms with Gasteiger partial charge in [0.1, 0.15) is 6.61 Å². The van der Waals surface area contributed by atoms with Crippen molar-refractivity contribution in [2.24, 2.45) is 5.10 Å². The van der Waals surface area contributed by atoms with Gasteiger partial charge in [-0.2, -0.15) is 22.9 Å². The first-order chi connectivity index (χ1) is 17.2. The fraction of sp³-hybridized carbons (Fsp3) is 0.115. The fourth-order valence-corrected chi connectivity index (χ4v) is 4.25. The molecule has 0 aliphatic rings. The Balaban J connectivity index is 1.87. The molecule has 0 bridgehead atoms. The van der Waals surface area contributed by atoms with Crippen LogP contribution in [0.5, 0.6) is 11.5 Å². The maximum atomic E-state index is 13.4. The van der Waals surface area contributed by atoms with Crippen LogP contribution in [0.15, 0.2) is 83.2 Å². The number of methoxy groups -OCH3 is 1. The molecule has 0 aliphatic carbocycles. The normalized spacial score (nSPS) is 11.7. The summed E-state index contributed by atoms with van der Waals surface area (Å²) in [5.74, 6) is 0.963. The highest BCUT2D eigenvalue weighted by Crippen LogP contribution is 2.34. The molecular weight excluding hydrogens is 586 g/mol. The number of alkyl halides is 3. The van der Waals surface area contributed by atoms with Crippen LogP contribution in [-0.4, -0.2) is 29.6 Å². The summed E-state index contributed by atoms with van der Waals surface area (Å²) in [5, 5.41) is 4.61. The van der Waals surface area contributed by atoms with Gasteiger partial charge in [-0.15, -0.1) is 0 Å². The van der Waals surface area contributed by atoms with Gasteiger partial charge in [-0.05, 0) is 64.6 Å². The molecule has 1 heterocycles. The third-order valence-electron chi connectivity index (χ3n) is 5.12. The van der Waals surface area contributed by atoms with E-state index in [2.05, 4.69) is 39.3 Å². The molecule has 0 atom stereocenters. The average molecular weight is 605 g/mol. The molecule has 0 fully saturated rings. The third kappa shape index (κ3) is 5.27. The molecule has 6 nitrogen and oxygen atoms in total. The number of para-hydroxylation sites is 1. The lowest BCUT2D eigenvalue weighted by atomic mass is 10.1. The fourth-order valence-electron chi connectivity index (χ4n) is 3.47. The minimum Gasteiger partial charge on any atom is -0.493 e. The summed E-state index contributed by atoms with van der Waals surface area (Å²) in [5.41, 5.74) is -0.340. The van der Waals surface area contributed by atoms with Gasteiger partial charge in [-0.1, -0.05) is 36.9 Å². The lowest BCUT2D eigenvalue weighted by Crippen LogP contribution is -2.20. The molecule has 0 saturated heterocycles. The van der Waals surface area contributed by atoms with E-state index >= 15 is 0 Å². The average Bonchev–Trinajstić information content (AvgIpc) is 2.86. The second-order valence-electron chi connectivity index (χ2n) is 7.53. The van der Waals surface area contributed by atoms with Gasteiger partial charge in [0, 0.05) is 5.56 Å². The molecule has 36 heavy (non-hydrogen) atoms. The van der Waals surface area contributed by atoms with Crippen LogP contribution in [0.3, 0.4) is 0 Å². The Labute approximate surface area is 217 Å². The standard InChI is InChI=1S/C26H19F3IN3O3/c1-3-11-36-23-20(30)12-16(13-22(23)35-2)15-31-33-24(17-7-6-8-18(14-17)26(27,28)29)32-21-10-5-4-9-19(21)25(33)34/h3-10,12-15H,1,11H2,2H3. The van der Waals surface area contributed by atoms with Gasteiger partial charge in [-0.3, -0.25) is 4.79 Å². The van der Waals surface area contributed by atoms with Crippen LogP contribution in [0.25, 0.3) is 22.3 Å². The highest BCUT2D eigenvalue weighted by molar-refractivity contribution is 14.1. The molecule has 0 saturated carbocycles. The number of benzene rings is 3. The maximum Gasteiger partial charge on any atom is 0.416 e. The van der Waals surface area contributed by atoms with Gasteiger partial charge in [0.15, 0.2) is 17.3 Å². The number of hydrogen-bond donors (Lipinski definition) is 0. The van der Waals surface area contributed by atoms with Crippen molar-refractivity contribution in [1.82, 2.24) is 9.66 Å². The monoisotopic (exact) mass is 605 g/mol. The Morgan fingerprint density at radius 1 is 1.14 bits per heavy atom. The lowest BCUT2D eigenvalue weighted by Gasteiger charge is -2.13. The van der Waals surface area contributed by atoms with Crippen LogP contribution < -0.4 is 15.0 Å². The van der Waals surface area contributed by atoms with E-state index in [1.807, 2.05) is 0 Å². The van der Waals surface area contributed by atoms with E-state index in [-0.39, 0.29) is 23.4 Å². The van der Waals surface area contributed by atoms with Gasteiger partial charge in [0.25, 0.3) is 5.56 Å². The Bertz CT molecular complexity index is 1530. The number of fused-ring (bicyclic) bond motifs is 1. The van der Waals surface area contributed by atoms with Crippen LogP contribution in [0.1, 0.15) is 11.1 Å². The topological polar surface area (TPSA) is 65.7 Å². The summed E-state index contributed by atoms with van der Waals surface area (Å²) in [4.78, 5) is 17.8. The molecule has 0 amide bonds. The van der Waals surface area contributed by atoms with E-state index in [0.29, 0.717) is 22.6 Å². The summed E-state index contributed by atoms with van der Waals surface area (Å²) >= 11 is 2.09. The first-order valence-electron chi connectivity index (χ1n) is 10.6. The lowest BCUT2D eigenvalue weighted by molar-refractivity contribution is -0.137.